The molecule has 1 heterocycles. The van der Waals surface area contributed by atoms with Gasteiger partial charge in [-0.2, -0.15) is 0 Å². The molecule has 0 fully saturated rings. The fraction of sp³-hybridized carbons (Fsp3) is 0.381. The SMILES string of the molecule is CNCC(C)CCc1ccc2[nH]c(COc3ccc(Cl)cc3)nc2c1C.Cl.Cl. The highest BCUT2D eigenvalue weighted by Gasteiger charge is 2.11. The van der Waals surface area contributed by atoms with Crippen molar-refractivity contribution in [3.63, 3.8) is 0 Å². The van der Waals surface area contributed by atoms with Crippen molar-refractivity contribution >= 4 is 47.4 Å². The molecule has 3 rings (SSSR count). The Labute approximate surface area is 184 Å². The van der Waals surface area contributed by atoms with E-state index in [2.05, 4.69) is 36.3 Å². The van der Waals surface area contributed by atoms with Crippen LogP contribution >= 0.6 is 36.4 Å². The van der Waals surface area contributed by atoms with Crippen LogP contribution in [0.25, 0.3) is 11.0 Å². The van der Waals surface area contributed by atoms with E-state index in [1.54, 1.807) is 0 Å². The van der Waals surface area contributed by atoms with Crippen molar-refractivity contribution in [2.24, 2.45) is 5.92 Å². The maximum atomic E-state index is 5.90. The molecule has 3 aromatic rings. The highest BCUT2D eigenvalue weighted by Crippen LogP contribution is 2.23. The summed E-state index contributed by atoms with van der Waals surface area (Å²) in [6.45, 7) is 5.90. The molecule has 0 aliphatic carbocycles. The van der Waals surface area contributed by atoms with Crippen molar-refractivity contribution in [1.29, 1.82) is 0 Å². The Kier molecular flexibility index (Phi) is 10.1. The second-order valence-corrected chi connectivity index (χ2v) is 7.31. The van der Waals surface area contributed by atoms with Crippen LogP contribution in [0.4, 0.5) is 0 Å². The molecule has 0 aliphatic heterocycles. The molecule has 1 unspecified atom stereocenters. The van der Waals surface area contributed by atoms with Gasteiger partial charge in [-0.25, -0.2) is 4.98 Å². The average molecular weight is 445 g/mol. The number of aromatic nitrogens is 2. The van der Waals surface area contributed by atoms with Crippen LogP contribution in [-0.4, -0.2) is 23.6 Å². The minimum Gasteiger partial charge on any atom is -0.486 e. The van der Waals surface area contributed by atoms with Gasteiger partial charge in [0.15, 0.2) is 0 Å². The van der Waals surface area contributed by atoms with Crippen LogP contribution in [0.3, 0.4) is 0 Å². The molecular weight excluding hydrogens is 417 g/mol. The predicted octanol–water partition coefficient (Wildman–Crippen LogP) is 5.74. The van der Waals surface area contributed by atoms with Crippen molar-refractivity contribution in [2.75, 3.05) is 13.6 Å². The number of nitrogens with zero attached hydrogens (tertiary/aromatic N) is 1. The van der Waals surface area contributed by atoms with Gasteiger partial charge in [0.1, 0.15) is 18.2 Å². The Morgan fingerprint density at radius 1 is 1.14 bits per heavy atom. The zero-order chi connectivity index (χ0) is 18.5. The third-order valence-electron chi connectivity index (χ3n) is 4.72. The van der Waals surface area contributed by atoms with E-state index in [9.17, 15) is 0 Å². The highest BCUT2D eigenvalue weighted by molar-refractivity contribution is 6.30. The predicted molar refractivity (Wildman–Crippen MR) is 123 cm³/mol. The first-order valence-corrected chi connectivity index (χ1v) is 9.44. The highest BCUT2D eigenvalue weighted by atomic mass is 35.5. The first-order valence-electron chi connectivity index (χ1n) is 9.07. The Balaban J connectivity index is 0.00000196. The minimum atomic E-state index is 0. The second kappa shape index (κ2) is 11.5. The molecule has 1 aromatic heterocycles. The lowest BCUT2D eigenvalue weighted by molar-refractivity contribution is 0.297. The van der Waals surface area contributed by atoms with Crippen LogP contribution in [0, 0.1) is 12.8 Å². The molecule has 0 saturated carbocycles. The summed E-state index contributed by atoms with van der Waals surface area (Å²) in [6, 6.07) is 11.7. The molecule has 0 radical (unpaired) electrons. The Morgan fingerprint density at radius 2 is 1.86 bits per heavy atom. The molecule has 0 amide bonds. The minimum absolute atomic E-state index is 0. The van der Waals surface area contributed by atoms with Crippen molar-refractivity contribution < 1.29 is 4.74 Å². The summed E-state index contributed by atoms with van der Waals surface area (Å²) >= 11 is 5.90. The van der Waals surface area contributed by atoms with E-state index in [-0.39, 0.29) is 24.8 Å². The Hall–Kier alpha value is -1.46. The number of hydrogen-bond acceptors (Lipinski definition) is 3. The summed E-state index contributed by atoms with van der Waals surface area (Å²) in [5, 5.41) is 3.95. The molecule has 7 heteroatoms. The van der Waals surface area contributed by atoms with Crippen LogP contribution in [0.1, 0.15) is 30.3 Å². The quantitative estimate of drug-likeness (QED) is 0.466. The van der Waals surface area contributed by atoms with Crippen molar-refractivity contribution in [1.82, 2.24) is 15.3 Å². The number of nitrogens with one attached hydrogen (secondary N) is 2. The van der Waals surface area contributed by atoms with E-state index in [1.807, 2.05) is 31.3 Å². The van der Waals surface area contributed by atoms with Gasteiger partial charge in [-0.15, -0.1) is 24.8 Å². The van der Waals surface area contributed by atoms with Crippen molar-refractivity contribution in [3.05, 3.63) is 58.4 Å². The Bertz CT molecular complexity index is 865. The molecule has 0 spiro atoms. The fourth-order valence-corrected chi connectivity index (χ4v) is 3.31. The van der Waals surface area contributed by atoms with Gasteiger partial charge in [0.05, 0.1) is 11.0 Å². The van der Waals surface area contributed by atoms with Crippen LogP contribution in [-0.2, 0) is 13.0 Å². The summed E-state index contributed by atoms with van der Waals surface area (Å²) in [5.41, 5.74) is 4.73. The number of rotatable bonds is 8. The first-order chi connectivity index (χ1) is 12.6. The van der Waals surface area contributed by atoms with E-state index in [0.717, 1.165) is 35.6 Å². The lowest BCUT2D eigenvalue weighted by Gasteiger charge is -2.12. The molecule has 2 aromatic carbocycles. The molecular formula is C21H28Cl3N3O. The number of hydrogen-bond donors (Lipinski definition) is 2. The molecule has 4 nitrogen and oxygen atoms in total. The molecule has 0 bridgehead atoms. The largest absolute Gasteiger partial charge is 0.486 e. The van der Waals surface area contributed by atoms with Gasteiger partial charge in [-0.3, -0.25) is 0 Å². The van der Waals surface area contributed by atoms with Gasteiger partial charge in [0.25, 0.3) is 0 Å². The summed E-state index contributed by atoms with van der Waals surface area (Å²) in [6.07, 6.45) is 2.25. The van der Waals surface area contributed by atoms with Gasteiger partial charge in [0, 0.05) is 5.02 Å². The molecule has 154 valence electrons. The van der Waals surface area contributed by atoms with Crippen LogP contribution < -0.4 is 10.1 Å². The number of H-pyrrole nitrogens is 1. The number of halogens is 3. The molecule has 28 heavy (non-hydrogen) atoms. The van der Waals surface area contributed by atoms with Crippen LogP contribution in [0.5, 0.6) is 5.75 Å². The van der Waals surface area contributed by atoms with E-state index in [4.69, 9.17) is 21.3 Å². The van der Waals surface area contributed by atoms with E-state index >= 15 is 0 Å². The maximum Gasteiger partial charge on any atom is 0.146 e. The number of benzene rings is 2. The average Bonchev–Trinajstić information content (AvgIpc) is 3.05. The van der Waals surface area contributed by atoms with Gasteiger partial charge < -0.3 is 15.0 Å². The normalized spacial score (nSPS) is 11.6. The third-order valence-corrected chi connectivity index (χ3v) is 4.97. The van der Waals surface area contributed by atoms with E-state index in [1.165, 1.54) is 17.5 Å². The number of aryl methyl sites for hydroxylation is 2. The van der Waals surface area contributed by atoms with E-state index in [0.29, 0.717) is 17.5 Å². The molecule has 0 saturated heterocycles. The third kappa shape index (κ3) is 6.28. The van der Waals surface area contributed by atoms with Gasteiger partial charge in [0.2, 0.25) is 0 Å². The van der Waals surface area contributed by atoms with E-state index < -0.39 is 0 Å². The summed E-state index contributed by atoms with van der Waals surface area (Å²) in [4.78, 5) is 8.11. The topological polar surface area (TPSA) is 49.9 Å². The number of ether oxygens (including phenoxy) is 1. The lowest BCUT2D eigenvalue weighted by atomic mass is 9.97. The monoisotopic (exact) mass is 443 g/mol. The summed E-state index contributed by atoms with van der Waals surface area (Å²) in [7, 11) is 2.01. The van der Waals surface area contributed by atoms with Gasteiger partial charge >= 0.3 is 0 Å². The first kappa shape index (κ1) is 24.6. The number of aromatic amines is 1. The summed E-state index contributed by atoms with van der Waals surface area (Å²) < 4.78 is 5.79. The van der Waals surface area contributed by atoms with Crippen molar-refractivity contribution in [3.8, 4) is 5.75 Å². The number of imidazole rings is 1. The molecule has 2 N–H and O–H groups in total. The lowest BCUT2D eigenvalue weighted by Crippen LogP contribution is -2.16. The molecule has 0 aliphatic rings. The standard InChI is InChI=1S/C21H26ClN3O.2ClH/c1-14(12-23-3)4-5-16-6-11-19-21(15(16)2)25-20(24-19)13-26-18-9-7-17(22)8-10-18;;/h6-11,14,23H,4-5,12-13H2,1-3H3,(H,24,25);2*1H. The maximum absolute atomic E-state index is 5.90. The second-order valence-electron chi connectivity index (χ2n) is 6.87. The van der Waals surface area contributed by atoms with Crippen LogP contribution in [0.15, 0.2) is 36.4 Å². The number of fused-ring (bicyclic) bond motifs is 1. The van der Waals surface area contributed by atoms with Crippen molar-refractivity contribution in [2.45, 2.75) is 33.3 Å². The van der Waals surface area contributed by atoms with Gasteiger partial charge in [-0.05, 0) is 80.7 Å². The molecule has 1 atom stereocenters. The van der Waals surface area contributed by atoms with Crippen LogP contribution in [0.2, 0.25) is 5.02 Å². The zero-order valence-corrected chi connectivity index (χ0v) is 18.8. The zero-order valence-electron chi connectivity index (χ0n) is 16.4. The Morgan fingerprint density at radius 3 is 2.54 bits per heavy atom. The fourth-order valence-electron chi connectivity index (χ4n) is 3.18. The smallest absolute Gasteiger partial charge is 0.146 e. The summed E-state index contributed by atoms with van der Waals surface area (Å²) in [5.74, 6) is 2.28. The van der Waals surface area contributed by atoms with Gasteiger partial charge in [-0.1, -0.05) is 24.6 Å².